The van der Waals surface area contributed by atoms with Crippen molar-refractivity contribution in [1.29, 1.82) is 0 Å². The number of thioether (sulfide) groups is 2. The van der Waals surface area contributed by atoms with Gasteiger partial charge < -0.3 is 5.11 Å². The first-order valence-corrected chi connectivity index (χ1v) is 6.01. The van der Waals surface area contributed by atoms with Gasteiger partial charge in [-0.25, -0.2) is 4.79 Å². The van der Waals surface area contributed by atoms with Crippen LogP contribution in [0.2, 0.25) is 0 Å². The first kappa shape index (κ1) is 10.3. The lowest BCUT2D eigenvalue weighted by atomic mass is 10.5. The molecule has 12 heavy (non-hydrogen) atoms. The highest BCUT2D eigenvalue weighted by molar-refractivity contribution is 8.17. The third kappa shape index (κ3) is 3.29. The summed E-state index contributed by atoms with van der Waals surface area (Å²) in [7, 11) is 0. The van der Waals surface area contributed by atoms with Gasteiger partial charge in [-0.1, -0.05) is 11.6 Å². The zero-order valence-electron chi connectivity index (χ0n) is 6.33. The van der Waals surface area contributed by atoms with Gasteiger partial charge in [0.05, 0.1) is 4.58 Å². The number of aliphatic carboxylic acids is 1. The molecule has 1 aliphatic rings. The first-order chi connectivity index (χ1) is 5.70. The van der Waals surface area contributed by atoms with Crippen LogP contribution in [0.5, 0.6) is 0 Å². The molecular weight excluding hydrogens is 216 g/mol. The van der Waals surface area contributed by atoms with Crippen LogP contribution in [0, 0.1) is 0 Å². The second-order valence-corrected chi connectivity index (χ2v) is 5.49. The predicted molar refractivity (Wildman–Crippen MR) is 54.9 cm³/mol. The van der Waals surface area contributed by atoms with Crippen molar-refractivity contribution in [3.05, 3.63) is 11.1 Å². The molecule has 0 amide bonds. The molecule has 1 aliphatic heterocycles. The van der Waals surface area contributed by atoms with E-state index in [4.69, 9.17) is 16.7 Å². The van der Waals surface area contributed by atoms with Crippen LogP contribution in [-0.2, 0) is 4.79 Å². The van der Waals surface area contributed by atoms with Crippen LogP contribution in [0.3, 0.4) is 0 Å². The van der Waals surface area contributed by atoms with Gasteiger partial charge in [-0.2, -0.15) is 0 Å². The minimum atomic E-state index is -1.04. The minimum absolute atomic E-state index is 0.0677. The third-order valence-corrected chi connectivity index (χ3v) is 4.42. The van der Waals surface area contributed by atoms with E-state index in [9.17, 15) is 4.79 Å². The number of rotatable bonds is 2. The van der Waals surface area contributed by atoms with E-state index < -0.39 is 5.97 Å². The molecule has 2 nitrogen and oxygen atoms in total. The largest absolute Gasteiger partial charge is 0.477 e. The van der Waals surface area contributed by atoms with Crippen molar-refractivity contribution in [3.63, 3.8) is 0 Å². The van der Waals surface area contributed by atoms with Gasteiger partial charge in [-0.05, 0) is 24.0 Å². The van der Waals surface area contributed by atoms with Gasteiger partial charge in [0.2, 0.25) is 0 Å². The fraction of sp³-hybridized carbons (Fsp3) is 0.571. The Morgan fingerprint density at radius 1 is 1.50 bits per heavy atom. The Morgan fingerprint density at radius 2 is 2.08 bits per heavy atom. The quantitative estimate of drug-likeness (QED) is 0.731. The Hall–Kier alpha value is 0.200. The molecule has 0 saturated carbocycles. The van der Waals surface area contributed by atoms with E-state index in [-0.39, 0.29) is 9.61 Å². The topological polar surface area (TPSA) is 37.3 Å². The highest BCUT2D eigenvalue weighted by atomic mass is 35.5. The summed E-state index contributed by atoms with van der Waals surface area (Å²) in [6, 6.07) is 0. The molecule has 0 radical (unpaired) electrons. The van der Waals surface area contributed by atoms with Crippen molar-refractivity contribution in [2.75, 3.05) is 11.5 Å². The Labute approximate surface area is 84.7 Å². The average Bonchev–Trinajstić information content (AvgIpc) is 2.06. The molecule has 0 aromatic carbocycles. The molecule has 5 heteroatoms. The molecule has 1 fully saturated rings. The van der Waals surface area contributed by atoms with Crippen molar-refractivity contribution in [2.24, 2.45) is 0 Å². The Balaban J connectivity index is 2.47. The van der Waals surface area contributed by atoms with Crippen molar-refractivity contribution in [3.8, 4) is 0 Å². The van der Waals surface area contributed by atoms with E-state index in [1.165, 1.54) is 6.42 Å². The summed E-state index contributed by atoms with van der Waals surface area (Å²) in [6.45, 7) is 0. The number of carbonyl (C=O) groups is 1. The van der Waals surface area contributed by atoms with Gasteiger partial charge in [0.25, 0.3) is 0 Å². The molecule has 0 unspecified atom stereocenters. The Morgan fingerprint density at radius 3 is 2.58 bits per heavy atom. The maximum Gasteiger partial charge on any atom is 0.347 e. The first-order valence-electron chi connectivity index (χ1n) is 3.54. The maximum atomic E-state index is 10.4. The molecule has 0 aromatic heterocycles. The normalized spacial score (nSPS) is 20.9. The molecule has 0 aromatic rings. The second-order valence-electron chi connectivity index (χ2n) is 2.28. The number of carboxylic acid groups (broad SMARTS) is 1. The number of halogens is 1. The summed E-state index contributed by atoms with van der Waals surface area (Å²) in [5, 5.41) is 8.43. The summed E-state index contributed by atoms with van der Waals surface area (Å²) < 4.78 is 0.224. The van der Waals surface area contributed by atoms with Crippen LogP contribution in [0.25, 0.3) is 0 Å². The monoisotopic (exact) mass is 224 g/mol. The van der Waals surface area contributed by atoms with Crippen molar-refractivity contribution < 1.29 is 9.90 Å². The van der Waals surface area contributed by atoms with Crippen LogP contribution >= 0.6 is 35.1 Å². The van der Waals surface area contributed by atoms with Crippen LogP contribution in [0.15, 0.2) is 11.1 Å². The Bertz CT molecular complexity index is 200. The summed E-state index contributed by atoms with van der Waals surface area (Å²) >= 11 is 8.98. The molecule has 68 valence electrons. The lowest BCUT2D eigenvalue weighted by Crippen LogP contribution is -2.05. The van der Waals surface area contributed by atoms with E-state index in [0.717, 1.165) is 11.5 Å². The highest BCUT2D eigenvalue weighted by Crippen LogP contribution is 2.32. The minimum Gasteiger partial charge on any atom is -0.477 e. The van der Waals surface area contributed by atoms with Crippen molar-refractivity contribution in [1.82, 2.24) is 0 Å². The standard InChI is InChI=1S/C7H9ClO2S2/c8-5(7(9)10)4-6-11-2-1-3-12-6/h4,6H,1-3H2,(H,9,10)/b5-4-. The highest BCUT2D eigenvalue weighted by Gasteiger charge is 2.14. The fourth-order valence-electron chi connectivity index (χ4n) is 0.793. The summed E-state index contributed by atoms with van der Waals surface area (Å²) in [5.74, 6) is 1.15. The molecule has 0 aliphatic carbocycles. The molecule has 1 rings (SSSR count). The second kappa shape index (κ2) is 5.04. The SMILES string of the molecule is O=C(O)/C(Cl)=C/C1SCCCS1. The lowest BCUT2D eigenvalue weighted by molar-refractivity contribution is -0.131. The molecule has 1 saturated heterocycles. The average molecular weight is 225 g/mol. The van der Waals surface area contributed by atoms with Gasteiger partial charge in [0.15, 0.2) is 0 Å². The number of hydrogen-bond donors (Lipinski definition) is 1. The zero-order valence-corrected chi connectivity index (χ0v) is 8.71. The van der Waals surface area contributed by atoms with E-state index in [1.807, 2.05) is 0 Å². The lowest BCUT2D eigenvalue weighted by Gasteiger charge is -2.17. The molecular formula is C7H9ClO2S2. The smallest absolute Gasteiger partial charge is 0.347 e. The van der Waals surface area contributed by atoms with Crippen LogP contribution in [0.4, 0.5) is 0 Å². The van der Waals surface area contributed by atoms with E-state index in [0.29, 0.717) is 0 Å². The maximum absolute atomic E-state index is 10.4. The molecule has 1 heterocycles. The van der Waals surface area contributed by atoms with Crippen LogP contribution in [0.1, 0.15) is 6.42 Å². The molecule has 0 atom stereocenters. The van der Waals surface area contributed by atoms with Crippen LogP contribution < -0.4 is 0 Å². The third-order valence-electron chi connectivity index (χ3n) is 1.34. The van der Waals surface area contributed by atoms with Gasteiger partial charge >= 0.3 is 5.97 Å². The fourth-order valence-corrected chi connectivity index (χ4v) is 3.76. The summed E-state index contributed by atoms with van der Waals surface area (Å²) in [5.41, 5.74) is 0. The van der Waals surface area contributed by atoms with Gasteiger partial charge in [0.1, 0.15) is 5.03 Å². The van der Waals surface area contributed by atoms with E-state index in [2.05, 4.69) is 0 Å². The van der Waals surface area contributed by atoms with E-state index in [1.54, 1.807) is 29.6 Å². The van der Waals surface area contributed by atoms with Crippen molar-refractivity contribution in [2.45, 2.75) is 11.0 Å². The van der Waals surface area contributed by atoms with Crippen LogP contribution in [-0.4, -0.2) is 27.2 Å². The molecule has 1 N–H and O–H groups in total. The summed E-state index contributed by atoms with van der Waals surface area (Å²) in [4.78, 5) is 10.4. The number of carboxylic acids is 1. The van der Waals surface area contributed by atoms with Gasteiger partial charge in [0, 0.05) is 0 Å². The van der Waals surface area contributed by atoms with E-state index >= 15 is 0 Å². The molecule has 0 spiro atoms. The zero-order chi connectivity index (χ0) is 8.97. The summed E-state index contributed by atoms with van der Waals surface area (Å²) in [6.07, 6.45) is 2.81. The molecule has 0 bridgehead atoms. The van der Waals surface area contributed by atoms with Gasteiger partial charge in [-0.3, -0.25) is 0 Å². The Kier molecular flexibility index (Phi) is 4.32. The van der Waals surface area contributed by atoms with Crippen molar-refractivity contribution >= 4 is 41.1 Å². The number of hydrogen-bond acceptors (Lipinski definition) is 3. The van der Waals surface area contributed by atoms with Gasteiger partial charge in [-0.15, -0.1) is 23.5 Å². The predicted octanol–water partition coefficient (Wildman–Crippen LogP) is 2.39.